The Morgan fingerprint density at radius 2 is 2.00 bits per heavy atom. The summed E-state index contributed by atoms with van der Waals surface area (Å²) in [6, 6.07) is 15.9. The number of allylic oxidation sites excluding steroid dienone is 1. The van der Waals surface area contributed by atoms with Crippen LogP contribution in [0.25, 0.3) is 33.4 Å². The number of halogens is 1. The molecule has 0 atom stereocenters. The van der Waals surface area contributed by atoms with E-state index in [9.17, 15) is 4.79 Å². The maximum Gasteiger partial charge on any atom is 0.159 e. The SMILES string of the molecule is C=CC(=O)Cc1cc(-c2c(-c3cccc(OCCN(C)C)c3)[nH]c3nccc(Cl)c23)ccc1C. The van der Waals surface area contributed by atoms with Crippen molar-refractivity contribution in [3.05, 3.63) is 83.5 Å². The van der Waals surface area contributed by atoms with Gasteiger partial charge >= 0.3 is 0 Å². The van der Waals surface area contributed by atoms with Crippen LogP contribution in [0.4, 0.5) is 0 Å². The molecule has 0 bridgehead atoms. The van der Waals surface area contributed by atoms with Crippen molar-refractivity contribution in [3.8, 4) is 28.1 Å². The molecule has 0 radical (unpaired) electrons. The highest BCUT2D eigenvalue weighted by molar-refractivity contribution is 6.36. The Hall–Kier alpha value is -3.41. The molecule has 5 nitrogen and oxygen atoms in total. The van der Waals surface area contributed by atoms with Crippen LogP contribution in [-0.4, -0.2) is 47.9 Å². The number of hydrogen-bond acceptors (Lipinski definition) is 4. The highest BCUT2D eigenvalue weighted by Gasteiger charge is 2.19. The van der Waals surface area contributed by atoms with Gasteiger partial charge in [-0.25, -0.2) is 4.98 Å². The number of H-pyrrole nitrogens is 1. The molecule has 0 saturated carbocycles. The van der Waals surface area contributed by atoms with Gasteiger partial charge in [-0.1, -0.05) is 48.5 Å². The zero-order chi connectivity index (χ0) is 24.2. The van der Waals surface area contributed by atoms with Crippen molar-refractivity contribution in [2.45, 2.75) is 13.3 Å². The molecule has 0 aliphatic rings. The molecule has 6 heteroatoms. The van der Waals surface area contributed by atoms with E-state index < -0.39 is 0 Å². The van der Waals surface area contributed by atoms with Gasteiger partial charge < -0.3 is 14.6 Å². The van der Waals surface area contributed by atoms with E-state index >= 15 is 0 Å². The van der Waals surface area contributed by atoms with Crippen molar-refractivity contribution in [2.24, 2.45) is 0 Å². The third-order valence-electron chi connectivity index (χ3n) is 5.80. The van der Waals surface area contributed by atoms with Crippen LogP contribution in [0.3, 0.4) is 0 Å². The van der Waals surface area contributed by atoms with Crippen LogP contribution >= 0.6 is 11.6 Å². The van der Waals surface area contributed by atoms with Crippen LogP contribution in [0.2, 0.25) is 5.02 Å². The fourth-order valence-electron chi connectivity index (χ4n) is 3.95. The fourth-order valence-corrected chi connectivity index (χ4v) is 4.19. The highest BCUT2D eigenvalue weighted by Crippen LogP contribution is 2.41. The number of aromatic amines is 1. The lowest BCUT2D eigenvalue weighted by atomic mass is 9.94. The highest BCUT2D eigenvalue weighted by atomic mass is 35.5. The minimum Gasteiger partial charge on any atom is -0.492 e. The number of aromatic nitrogens is 2. The monoisotopic (exact) mass is 473 g/mol. The molecule has 0 aliphatic carbocycles. The molecule has 4 rings (SSSR count). The van der Waals surface area contributed by atoms with Gasteiger partial charge in [0.05, 0.1) is 10.7 Å². The van der Waals surface area contributed by atoms with E-state index in [0.29, 0.717) is 23.7 Å². The van der Waals surface area contributed by atoms with Crippen molar-refractivity contribution < 1.29 is 9.53 Å². The topological polar surface area (TPSA) is 58.2 Å². The Morgan fingerprint density at radius 3 is 2.76 bits per heavy atom. The minimum atomic E-state index is -0.0123. The number of aryl methyl sites for hydroxylation is 1. The second-order valence-corrected chi connectivity index (χ2v) is 8.97. The average Bonchev–Trinajstić information content (AvgIpc) is 3.21. The smallest absolute Gasteiger partial charge is 0.159 e. The molecule has 2 aromatic heterocycles. The second kappa shape index (κ2) is 10.2. The number of carbonyl (C=O) groups is 1. The number of nitrogens with one attached hydrogen (secondary N) is 1. The Kier molecular flexibility index (Phi) is 7.15. The lowest BCUT2D eigenvalue weighted by Crippen LogP contribution is -2.19. The Morgan fingerprint density at radius 1 is 1.18 bits per heavy atom. The molecular formula is C28H28ClN3O2. The summed E-state index contributed by atoms with van der Waals surface area (Å²) in [6.07, 6.45) is 3.37. The van der Waals surface area contributed by atoms with Gasteiger partial charge in [0, 0.05) is 35.7 Å². The van der Waals surface area contributed by atoms with Gasteiger partial charge in [0.15, 0.2) is 5.78 Å². The summed E-state index contributed by atoms with van der Waals surface area (Å²) < 4.78 is 5.97. The van der Waals surface area contributed by atoms with Crippen LogP contribution in [-0.2, 0) is 11.2 Å². The zero-order valence-corrected chi connectivity index (χ0v) is 20.4. The number of ether oxygens (including phenoxy) is 1. The van der Waals surface area contributed by atoms with E-state index in [-0.39, 0.29) is 5.78 Å². The molecule has 4 aromatic rings. The Labute approximate surface area is 205 Å². The van der Waals surface area contributed by atoms with Crippen molar-refractivity contribution in [1.82, 2.24) is 14.9 Å². The quantitative estimate of drug-likeness (QED) is 0.298. The van der Waals surface area contributed by atoms with Crippen LogP contribution in [0.1, 0.15) is 11.1 Å². The molecule has 34 heavy (non-hydrogen) atoms. The van der Waals surface area contributed by atoms with Crippen LogP contribution in [0.5, 0.6) is 5.75 Å². The predicted octanol–water partition coefficient (Wildman–Crippen LogP) is 6.10. The first-order chi connectivity index (χ1) is 16.4. The van der Waals surface area contributed by atoms with Crippen LogP contribution in [0.15, 0.2) is 67.4 Å². The first-order valence-electron chi connectivity index (χ1n) is 11.2. The van der Waals surface area contributed by atoms with E-state index in [1.54, 1.807) is 12.3 Å². The van der Waals surface area contributed by atoms with Gasteiger partial charge in [-0.3, -0.25) is 4.79 Å². The number of likely N-dealkylation sites (N-methyl/N-ethyl adjacent to an activating group) is 1. The molecule has 0 spiro atoms. The molecule has 174 valence electrons. The van der Waals surface area contributed by atoms with Crippen LogP contribution < -0.4 is 4.74 Å². The number of pyridine rings is 1. The summed E-state index contributed by atoms with van der Waals surface area (Å²) in [5.74, 6) is 0.783. The molecule has 0 saturated heterocycles. The molecule has 0 unspecified atom stereocenters. The number of carbonyl (C=O) groups excluding carboxylic acids is 1. The molecule has 1 N–H and O–H groups in total. The van der Waals surface area contributed by atoms with Crippen molar-refractivity contribution in [2.75, 3.05) is 27.2 Å². The summed E-state index contributed by atoms with van der Waals surface area (Å²) >= 11 is 6.66. The maximum atomic E-state index is 12.1. The molecule has 0 fully saturated rings. The lowest BCUT2D eigenvalue weighted by molar-refractivity contribution is -0.114. The molecule has 0 aliphatic heterocycles. The van der Waals surface area contributed by atoms with E-state index in [2.05, 4.69) is 33.6 Å². The number of fused-ring (bicyclic) bond motifs is 1. The first kappa shape index (κ1) is 23.7. The predicted molar refractivity (Wildman–Crippen MR) is 140 cm³/mol. The first-order valence-corrected chi connectivity index (χ1v) is 11.5. The number of hydrogen-bond donors (Lipinski definition) is 1. The molecule has 0 amide bonds. The van der Waals surface area contributed by atoms with E-state index in [4.69, 9.17) is 16.3 Å². The minimum absolute atomic E-state index is 0.0123. The third-order valence-corrected chi connectivity index (χ3v) is 6.12. The van der Waals surface area contributed by atoms with Gasteiger partial charge in [0.25, 0.3) is 0 Å². The van der Waals surface area contributed by atoms with E-state index in [0.717, 1.165) is 51.2 Å². The summed E-state index contributed by atoms with van der Waals surface area (Å²) in [7, 11) is 4.04. The summed E-state index contributed by atoms with van der Waals surface area (Å²) in [4.78, 5) is 22.2. The van der Waals surface area contributed by atoms with Crippen molar-refractivity contribution in [1.29, 1.82) is 0 Å². The van der Waals surface area contributed by atoms with Gasteiger partial charge in [0.2, 0.25) is 0 Å². The summed E-state index contributed by atoms with van der Waals surface area (Å²) in [6.45, 7) is 7.05. The summed E-state index contributed by atoms with van der Waals surface area (Å²) in [5.41, 5.74) is 6.51. The van der Waals surface area contributed by atoms with Crippen LogP contribution in [0, 0.1) is 6.92 Å². The van der Waals surface area contributed by atoms with Crippen molar-refractivity contribution in [3.63, 3.8) is 0 Å². The average molecular weight is 474 g/mol. The van der Waals surface area contributed by atoms with E-state index in [1.807, 2.05) is 51.4 Å². The van der Waals surface area contributed by atoms with E-state index in [1.165, 1.54) is 6.08 Å². The lowest BCUT2D eigenvalue weighted by Gasteiger charge is -2.13. The Bertz CT molecular complexity index is 1360. The standard InChI is InChI=1S/C28H28ClN3O2/c1-5-22(33)16-21-15-19(10-9-18(21)2)25-26-24(29)11-12-30-28(26)31-27(25)20-7-6-8-23(17-20)34-14-13-32(3)4/h5-12,15,17H,1,13-14,16H2,2-4H3,(H,30,31). The Balaban J connectivity index is 1.85. The molecule has 2 aromatic carbocycles. The van der Waals surface area contributed by atoms with Gasteiger partial charge in [0.1, 0.15) is 18.0 Å². The largest absolute Gasteiger partial charge is 0.492 e. The maximum absolute atomic E-state index is 12.1. The fraction of sp³-hybridized carbons (Fsp3) is 0.214. The summed E-state index contributed by atoms with van der Waals surface area (Å²) in [5, 5.41) is 1.47. The third kappa shape index (κ3) is 5.06. The number of rotatable bonds is 9. The van der Waals surface area contributed by atoms with Crippen molar-refractivity contribution >= 4 is 28.4 Å². The van der Waals surface area contributed by atoms with Gasteiger partial charge in [-0.05, 0) is 62.0 Å². The molecule has 2 heterocycles. The van der Waals surface area contributed by atoms with Gasteiger partial charge in [-0.2, -0.15) is 0 Å². The number of ketones is 1. The second-order valence-electron chi connectivity index (χ2n) is 8.56. The molecular weight excluding hydrogens is 446 g/mol. The van der Waals surface area contributed by atoms with Gasteiger partial charge in [-0.15, -0.1) is 0 Å². The number of benzene rings is 2. The zero-order valence-electron chi connectivity index (χ0n) is 19.7. The number of nitrogens with zero attached hydrogens (tertiary/aromatic N) is 2. The normalized spacial score (nSPS) is 11.2.